The Morgan fingerprint density at radius 1 is 1.37 bits per heavy atom. The van der Waals surface area contributed by atoms with Crippen LogP contribution in [-0.2, 0) is 6.18 Å². The maximum Gasteiger partial charge on any atom is 0.416 e. The summed E-state index contributed by atoms with van der Waals surface area (Å²) < 4.78 is 42.7. The van der Waals surface area contributed by atoms with Gasteiger partial charge in [-0.25, -0.2) is 0 Å². The van der Waals surface area contributed by atoms with Crippen molar-refractivity contribution in [2.24, 2.45) is 11.7 Å². The Kier molecular flexibility index (Phi) is 5.10. The minimum atomic E-state index is -4.35. The first kappa shape index (κ1) is 16.1. The summed E-state index contributed by atoms with van der Waals surface area (Å²) in [5.41, 5.74) is 5.95. The van der Waals surface area contributed by atoms with Crippen LogP contribution in [0, 0.1) is 5.92 Å². The van der Waals surface area contributed by atoms with Gasteiger partial charge in [0.05, 0.1) is 12.7 Å². The second-order valence-corrected chi connectivity index (χ2v) is 4.74. The molecule has 1 aromatic carbocycles. The number of hydrogen-bond acceptors (Lipinski definition) is 2. The molecule has 0 spiro atoms. The molecular formula is C13H17ClF3NO. The first-order valence-electron chi connectivity index (χ1n) is 5.92. The lowest BCUT2D eigenvalue weighted by molar-refractivity contribution is -0.137. The van der Waals surface area contributed by atoms with Gasteiger partial charge in [0.1, 0.15) is 5.75 Å². The molecule has 0 bridgehead atoms. The summed E-state index contributed by atoms with van der Waals surface area (Å²) in [7, 11) is 1.36. The van der Waals surface area contributed by atoms with Gasteiger partial charge in [-0.1, -0.05) is 18.9 Å². The van der Waals surface area contributed by atoms with E-state index in [9.17, 15) is 13.2 Å². The van der Waals surface area contributed by atoms with Crippen LogP contribution in [0.5, 0.6) is 5.75 Å². The van der Waals surface area contributed by atoms with E-state index in [4.69, 9.17) is 10.5 Å². The Bertz CT molecular complexity index is 432. The first-order valence-corrected chi connectivity index (χ1v) is 5.92. The zero-order chi connectivity index (χ0) is 13.3. The largest absolute Gasteiger partial charge is 0.496 e. The molecule has 0 unspecified atom stereocenters. The number of rotatable bonds is 4. The van der Waals surface area contributed by atoms with E-state index in [0.717, 1.165) is 31.4 Å². The highest BCUT2D eigenvalue weighted by Gasteiger charge is 2.32. The summed E-state index contributed by atoms with van der Waals surface area (Å²) >= 11 is 0. The lowest BCUT2D eigenvalue weighted by Gasteiger charge is -2.17. The lowest BCUT2D eigenvalue weighted by Crippen LogP contribution is -2.13. The number of alkyl halides is 3. The number of benzene rings is 1. The average Bonchev–Trinajstić information content (AvgIpc) is 3.10. The van der Waals surface area contributed by atoms with Gasteiger partial charge < -0.3 is 10.5 Å². The second kappa shape index (κ2) is 6.01. The van der Waals surface area contributed by atoms with Crippen LogP contribution < -0.4 is 10.5 Å². The third kappa shape index (κ3) is 4.01. The van der Waals surface area contributed by atoms with Gasteiger partial charge in [-0.3, -0.25) is 0 Å². The summed E-state index contributed by atoms with van der Waals surface area (Å²) in [5, 5.41) is 0. The van der Waals surface area contributed by atoms with Crippen LogP contribution >= 0.6 is 12.4 Å². The number of halogens is 4. The van der Waals surface area contributed by atoms with E-state index in [1.807, 2.05) is 0 Å². The Morgan fingerprint density at radius 3 is 2.47 bits per heavy atom. The molecule has 2 N–H and O–H groups in total. The van der Waals surface area contributed by atoms with Crippen LogP contribution in [0.25, 0.3) is 0 Å². The highest BCUT2D eigenvalue weighted by atomic mass is 35.5. The van der Waals surface area contributed by atoms with Gasteiger partial charge in [0, 0.05) is 11.6 Å². The van der Waals surface area contributed by atoms with E-state index in [0.29, 0.717) is 11.5 Å². The van der Waals surface area contributed by atoms with Gasteiger partial charge in [0.15, 0.2) is 0 Å². The Balaban J connectivity index is 0.00000180. The van der Waals surface area contributed by atoms with Crippen LogP contribution in [0.1, 0.15) is 36.4 Å². The first-order chi connectivity index (χ1) is 8.41. The van der Waals surface area contributed by atoms with Crippen molar-refractivity contribution in [3.63, 3.8) is 0 Å². The highest BCUT2D eigenvalue weighted by molar-refractivity contribution is 5.85. The molecule has 0 aromatic heterocycles. The van der Waals surface area contributed by atoms with Crippen molar-refractivity contribution < 1.29 is 17.9 Å². The van der Waals surface area contributed by atoms with Gasteiger partial charge >= 0.3 is 6.18 Å². The number of ether oxygens (including phenoxy) is 1. The summed E-state index contributed by atoms with van der Waals surface area (Å²) in [6.45, 7) is 0. The molecule has 6 heteroatoms. The summed E-state index contributed by atoms with van der Waals surface area (Å²) in [6, 6.07) is 3.25. The van der Waals surface area contributed by atoms with Crippen molar-refractivity contribution in [2.45, 2.75) is 31.5 Å². The van der Waals surface area contributed by atoms with E-state index < -0.39 is 11.7 Å². The second-order valence-electron chi connectivity index (χ2n) is 4.74. The minimum Gasteiger partial charge on any atom is -0.496 e. The molecule has 0 radical (unpaired) electrons. The fourth-order valence-electron chi connectivity index (χ4n) is 2.03. The smallest absolute Gasteiger partial charge is 0.416 e. The lowest BCUT2D eigenvalue weighted by atomic mass is 9.99. The molecule has 1 aliphatic rings. The van der Waals surface area contributed by atoms with E-state index in [1.54, 1.807) is 0 Å². The van der Waals surface area contributed by atoms with Gasteiger partial charge in [-0.05, 0) is 24.5 Å². The number of nitrogens with two attached hydrogens (primary N) is 1. The van der Waals surface area contributed by atoms with Crippen molar-refractivity contribution in [3.8, 4) is 5.75 Å². The SMILES string of the molecule is COc1cc(C(F)(F)F)ccc1[C@@H](N)CC1CC1.Cl. The zero-order valence-corrected chi connectivity index (χ0v) is 11.4. The zero-order valence-electron chi connectivity index (χ0n) is 10.5. The fraction of sp³-hybridized carbons (Fsp3) is 0.538. The monoisotopic (exact) mass is 295 g/mol. The molecule has 2 rings (SSSR count). The molecule has 1 aliphatic carbocycles. The third-order valence-electron chi connectivity index (χ3n) is 3.24. The quantitative estimate of drug-likeness (QED) is 0.913. The van der Waals surface area contributed by atoms with Crippen molar-refractivity contribution in [1.29, 1.82) is 0 Å². The molecule has 2 nitrogen and oxygen atoms in total. The van der Waals surface area contributed by atoms with Crippen LogP contribution in [0.15, 0.2) is 18.2 Å². The molecule has 0 heterocycles. The van der Waals surface area contributed by atoms with Crippen molar-refractivity contribution in [1.82, 2.24) is 0 Å². The minimum absolute atomic E-state index is 0. The van der Waals surface area contributed by atoms with Crippen LogP contribution in [0.2, 0.25) is 0 Å². The Hall–Kier alpha value is -0.940. The average molecular weight is 296 g/mol. The van der Waals surface area contributed by atoms with Gasteiger partial charge in [-0.2, -0.15) is 13.2 Å². The van der Waals surface area contributed by atoms with E-state index in [2.05, 4.69) is 0 Å². The maximum atomic E-state index is 12.6. The van der Waals surface area contributed by atoms with Crippen LogP contribution in [-0.4, -0.2) is 7.11 Å². The summed E-state index contributed by atoms with van der Waals surface area (Å²) in [6.07, 6.45) is -1.22. The predicted octanol–water partition coefficient (Wildman–Crippen LogP) is 3.94. The highest BCUT2D eigenvalue weighted by Crippen LogP contribution is 2.40. The van der Waals surface area contributed by atoms with Crippen molar-refractivity contribution >= 4 is 12.4 Å². The van der Waals surface area contributed by atoms with E-state index in [-0.39, 0.29) is 24.2 Å². The topological polar surface area (TPSA) is 35.2 Å². The molecule has 0 saturated heterocycles. The predicted molar refractivity (Wildman–Crippen MR) is 69.5 cm³/mol. The normalized spacial score (nSPS) is 16.7. The maximum absolute atomic E-state index is 12.6. The van der Waals surface area contributed by atoms with E-state index >= 15 is 0 Å². The molecule has 1 atom stereocenters. The molecule has 1 aromatic rings. The third-order valence-corrected chi connectivity index (χ3v) is 3.24. The summed E-state index contributed by atoms with van der Waals surface area (Å²) in [5.74, 6) is 0.838. The molecule has 108 valence electrons. The molecule has 19 heavy (non-hydrogen) atoms. The van der Waals surface area contributed by atoms with Crippen molar-refractivity contribution in [2.75, 3.05) is 7.11 Å². The van der Waals surface area contributed by atoms with Gasteiger partial charge in [-0.15, -0.1) is 12.4 Å². The van der Waals surface area contributed by atoms with Gasteiger partial charge in [0.2, 0.25) is 0 Å². The molecular weight excluding hydrogens is 279 g/mol. The molecule has 1 saturated carbocycles. The fourth-order valence-corrected chi connectivity index (χ4v) is 2.03. The van der Waals surface area contributed by atoms with Crippen molar-refractivity contribution in [3.05, 3.63) is 29.3 Å². The Labute approximate surface area is 116 Å². The Morgan fingerprint density at radius 2 is 2.00 bits per heavy atom. The number of methoxy groups -OCH3 is 1. The molecule has 0 aliphatic heterocycles. The summed E-state index contributed by atoms with van der Waals surface area (Å²) in [4.78, 5) is 0. The van der Waals surface area contributed by atoms with E-state index in [1.165, 1.54) is 13.2 Å². The van der Waals surface area contributed by atoms with Gasteiger partial charge in [0.25, 0.3) is 0 Å². The molecule has 1 fully saturated rings. The standard InChI is InChI=1S/C13H16F3NO.ClH/c1-18-12-7-9(13(14,15)16)4-5-10(12)11(17)6-8-2-3-8;/h4-5,7-8,11H,2-3,6,17H2,1H3;1H/t11-;/m0./s1. The molecule has 0 amide bonds. The van der Waals surface area contributed by atoms with Crippen LogP contribution in [0.4, 0.5) is 13.2 Å². The number of hydrogen-bond donors (Lipinski definition) is 1. The van der Waals surface area contributed by atoms with Crippen LogP contribution in [0.3, 0.4) is 0 Å².